The first-order chi connectivity index (χ1) is 6.59. The quantitative estimate of drug-likeness (QED) is 0.728. The number of primary amides is 1. The number of hydrogen-bond donors (Lipinski definition) is 1. The van der Waals surface area contributed by atoms with Gasteiger partial charge in [0.2, 0.25) is 5.91 Å². The Morgan fingerprint density at radius 3 is 2.29 bits per heavy atom. The number of carbonyl (C=O) groups is 1. The zero-order valence-corrected chi connectivity index (χ0v) is 8.53. The van der Waals surface area contributed by atoms with Gasteiger partial charge >= 0.3 is 0 Å². The van der Waals surface area contributed by atoms with Crippen LogP contribution in [0.3, 0.4) is 0 Å². The average molecular weight is 189 g/mol. The summed E-state index contributed by atoms with van der Waals surface area (Å²) in [5.74, 6) is 0.113. The zero-order chi connectivity index (χ0) is 10.6. The molecule has 2 nitrogen and oxygen atoms in total. The highest BCUT2D eigenvalue weighted by Crippen LogP contribution is 2.15. The van der Waals surface area contributed by atoms with Crippen molar-refractivity contribution >= 4 is 12.0 Å². The summed E-state index contributed by atoms with van der Waals surface area (Å²) in [6.07, 6.45) is 3.08. The predicted octanol–water partition coefficient (Wildman–Crippen LogP) is 2.31. The van der Waals surface area contributed by atoms with Crippen LogP contribution in [0.25, 0.3) is 6.08 Å². The van der Waals surface area contributed by atoms with Crippen LogP contribution in [0.1, 0.15) is 30.9 Å². The highest BCUT2D eigenvalue weighted by molar-refractivity contribution is 5.90. The van der Waals surface area contributed by atoms with Crippen molar-refractivity contribution < 1.29 is 4.79 Å². The minimum Gasteiger partial charge on any atom is -0.366 e. The summed E-state index contributed by atoms with van der Waals surface area (Å²) in [4.78, 5) is 10.5. The summed E-state index contributed by atoms with van der Waals surface area (Å²) < 4.78 is 0. The molecule has 1 amide bonds. The van der Waals surface area contributed by atoms with Crippen molar-refractivity contribution in [1.29, 1.82) is 0 Å². The lowest BCUT2D eigenvalue weighted by molar-refractivity contribution is -0.113. The molecule has 0 saturated carbocycles. The van der Waals surface area contributed by atoms with E-state index >= 15 is 0 Å². The van der Waals surface area contributed by atoms with Crippen LogP contribution in [0.2, 0.25) is 0 Å². The Morgan fingerprint density at radius 1 is 1.29 bits per heavy atom. The molecule has 1 aromatic rings. The molecule has 0 bridgehead atoms. The lowest BCUT2D eigenvalue weighted by Crippen LogP contribution is -2.05. The monoisotopic (exact) mass is 189 g/mol. The van der Waals surface area contributed by atoms with Crippen LogP contribution < -0.4 is 5.73 Å². The SMILES string of the molecule is CC(C)c1ccc(/C=C\C(N)=O)cc1. The summed E-state index contributed by atoms with van der Waals surface area (Å²) in [6.45, 7) is 4.29. The zero-order valence-electron chi connectivity index (χ0n) is 8.53. The molecule has 0 radical (unpaired) electrons. The molecular weight excluding hydrogens is 174 g/mol. The lowest BCUT2D eigenvalue weighted by Gasteiger charge is -2.04. The Balaban J connectivity index is 2.78. The molecule has 0 fully saturated rings. The van der Waals surface area contributed by atoms with Gasteiger partial charge in [-0.3, -0.25) is 4.79 Å². The maximum Gasteiger partial charge on any atom is 0.241 e. The van der Waals surface area contributed by atoms with Crippen molar-refractivity contribution in [2.45, 2.75) is 19.8 Å². The molecular formula is C12H15NO. The summed E-state index contributed by atoms with van der Waals surface area (Å²) in [5, 5.41) is 0. The molecule has 0 aromatic heterocycles. The Morgan fingerprint density at radius 2 is 1.86 bits per heavy atom. The second-order valence-electron chi connectivity index (χ2n) is 3.56. The molecule has 0 atom stereocenters. The highest BCUT2D eigenvalue weighted by Gasteiger charge is 1.96. The fourth-order valence-corrected chi connectivity index (χ4v) is 1.17. The van der Waals surface area contributed by atoms with Crippen molar-refractivity contribution in [2.75, 3.05) is 0 Å². The third kappa shape index (κ3) is 3.05. The minimum atomic E-state index is -0.419. The third-order valence-electron chi connectivity index (χ3n) is 2.04. The van der Waals surface area contributed by atoms with Crippen LogP contribution in [0.15, 0.2) is 30.3 Å². The van der Waals surface area contributed by atoms with Crippen molar-refractivity contribution in [3.8, 4) is 0 Å². The van der Waals surface area contributed by atoms with E-state index in [0.717, 1.165) is 5.56 Å². The number of benzene rings is 1. The van der Waals surface area contributed by atoms with E-state index in [4.69, 9.17) is 5.73 Å². The van der Waals surface area contributed by atoms with Crippen molar-refractivity contribution in [2.24, 2.45) is 5.73 Å². The van der Waals surface area contributed by atoms with E-state index in [-0.39, 0.29) is 0 Å². The topological polar surface area (TPSA) is 43.1 Å². The van der Waals surface area contributed by atoms with Crippen LogP contribution in [0.5, 0.6) is 0 Å². The number of amides is 1. The number of rotatable bonds is 3. The van der Waals surface area contributed by atoms with Crippen LogP contribution in [-0.2, 0) is 4.79 Å². The van der Waals surface area contributed by atoms with Gasteiger partial charge in [-0.2, -0.15) is 0 Å². The second kappa shape index (κ2) is 4.61. The molecule has 0 spiro atoms. The summed E-state index contributed by atoms with van der Waals surface area (Å²) in [6, 6.07) is 8.08. The van der Waals surface area contributed by atoms with Gasteiger partial charge in [-0.1, -0.05) is 38.1 Å². The molecule has 1 rings (SSSR count). The summed E-state index contributed by atoms with van der Waals surface area (Å²) >= 11 is 0. The molecule has 74 valence electrons. The first-order valence-electron chi connectivity index (χ1n) is 4.67. The van der Waals surface area contributed by atoms with Crippen LogP contribution in [-0.4, -0.2) is 5.91 Å². The minimum absolute atomic E-state index is 0.419. The highest BCUT2D eigenvalue weighted by atomic mass is 16.1. The number of nitrogens with two attached hydrogens (primary N) is 1. The third-order valence-corrected chi connectivity index (χ3v) is 2.04. The molecule has 2 N–H and O–H groups in total. The standard InChI is InChI=1S/C12H15NO/c1-9(2)11-6-3-10(4-7-11)5-8-12(13)14/h3-9H,1-2H3,(H2,13,14)/b8-5-. The first kappa shape index (κ1) is 10.5. The summed E-state index contributed by atoms with van der Waals surface area (Å²) in [5.41, 5.74) is 7.28. The Hall–Kier alpha value is -1.57. The van der Waals surface area contributed by atoms with E-state index in [2.05, 4.69) is 26.0 Å². The fourth-order valence-electron chi connectivity index (χ4n) is 1.17. The van der Waals surface area contributed by atoms with Gasteiger partial charge in [0.05, 0.1) is 0 Å². The maximum atomic E-state index is 10.5. The molecule has 0 aliphatic heterocycles. The van der Waals surface area contributed by atoms with Crippen LogP contribution in [0, 0.1) is 0 Å². The smallest absolute Gasteiger partial charge is 0.241 e. The van der Waals surface area contributed by atoms with E-state index < -0.39 is 5.91 Å². The molecule has 1 aromatic carbocycles. The van der Waals surface area contributed by atoms with Gasteiger partial charge in [-0.05, 0) is 23.1 Å². The van der Waals surface area contributed by atoms with Crippen molar-refractivity contribution in [1.82, 2.24) is 0 Å². The Kier molecular flexibility index (Phi) is 3.46. The van der Waals surface area contributed by atoms with E-state index in [1.807, 2.05) is 12.1 Å². The van der Waals surface area contributed by atoms with Gasteiger partial charge in [0.25, 0.3) is 0 Å². The van der Waals surface area contributed by atoms with E-state index in [9.17, 15) is 4.79 Å². The number of hydrogen-bond acceptors (Lipinski definition) is 1. The van der Waals surface area contributed by atoms with Gasteiger partial charge < -0.3 is 5.73 Å². The average Bonchev–Trinajstić information content (AvgIpc) is 2.15. The van der Waals surface area contributed by atoms with Gasteiger partial charge in [-0.25, -0.2) is 0 Å². The first-order valence-corrected chi connectivity index (χ1v) is 4.67. The van der Waals surface area contributed by atoms with Crippen molar-refractivity contribution in [3.05, 3.63) is 41.5 Å². The summed E-state index contributed by atoms with van der Waals surface area (Å²) in [7, 11) is 0. The fraction of sp³-hybridized carbons (Fsp3) is 0.250. The Bertz CT molecular complexity index is 336. The maximum absolute atomic E-state index is 10.5. The molecule has 0 heterocycles. The molecule has 14 heavy (non-hydrogen) atoms. The molecule has 0 aliphatic rings. The van der Waals surface area contributed by atoms with E-state index in [1.165, 1.54) is 11.6 Å². The number of carbonyl (C=O) groups excluding carboxylic acids is 1. The Labute approximate surface area is 84.4 Å². The van der Waals surface area contributed by atoms with Gasteiger partial charge in [0.15, 0.2) is 0 Å². The molecule has 0 saturated heterocycles. The predicted molar refractivity (Wildman–Crippen MR) is 58.8 cm³/mol. The normalized spacial score (nSPS) is 11.1. The van der Waals surface area contributed by atoms with E-state index in [0.29, 0.717) is 5.92 Å². The molecule has 0 unspecified atom stereocenters. The van der Waals surface area contributed by atoms with Gasteiger partial charge in [0.1, 0.15) is 0 Å². The van der Waals surface area contributed by atoms with Crippen LogP contribution >= 0.6 is 0 Å². The van der Waals surface area contributed by atoms with Gasteiger partial charge in [0, 0.05) is 6.08 Å². The van der Waals surface area contributed by atoms with Crippen LogP contribution in [0.4, 0.5) is 0 Å². The molecule has 2 heteroatoms. The van der Waals surface area contributed by atoms with E-state index in [1.54, 1.807) is 6.08 Å². The van der Waals surface area contributed by atoms with Gasteiger partial charge in [-0.15, -0.1) is 0 Å². The molecule has 0 aliphatic carbocycles. The lowest BCUT2D eigenvalue weighted by atomic mass is 10.0. The largest absolute Gasteiger partial charge is 0.366 e. The van der Waals surface area contributed by atoms with Crippen molar-refractivity contribution in [3.63, 3.8) is 0 Å². The second-order valence-corrected chi connectivity index (χ2v) is 3.56.